The molecule has 0 atom stereocenters. The number of nitrogens with zero attached hydrogens (tertiary/aromatic N) is 1. The smallest absolute Gasteiger partial charge is 0.323 e. The van der Waals surface area contributed by atoms with E-state index < -0.39 is 6.03 Å². The van der Waals surface area contributed by atoms with Crippen LogP contribution in [0.25, 0.3) is 16.5 Å². The molecular weight excluding hydrogens is 212 g/mol. The molecule has 1 heterocycles. The van der Waals surface area contributed by atoms with Crippen LogP contribution in [0.4, 0.5) is 4.79 Å². The first-order chi connectivity index (χ1) is 7.95. The van der Waals surface area contributed by atoms with Gasteiger partial charge in [0.25, 0.3) is 0 Å². The largest absolute Gasteiger partial charge is 0.351 e. The molecule has 0 fully saturated rings. The molecule has 3 nitrogen and oxygen atoms in total. The van der Waals surface area contributed by atoms with Gasteiger partial charge in [0.2, 0.25) is 0 Å². The summed E-state index contributed by atoms with van der Waals surface area (Å²) < 4.78 is 1.56. The Morgan fingerprint density at radius 2 is 2.00 bits per heavy atom. The average Bonchev–Trinajstić information content (AvgIpc) is 2.51. The standard InChI is InChI=1S/C14H16N2O/c1-8(2)11-6-5-7-12-9(3)10(4)16(13(11)12)14(15)17/h5-7H,1H2,2-4H3,(H2,15,17). The van der Waals surface area contributed by atoms with Crippen molar-refractivity contribution < 1.29 is 4.79 Å². The van der Waals surface area contributed by atoms with Crippen molar-refractivity contribution in [2.45, 2.75) is 20.8 Å². The van der Waals surface area contributed by atoms with Crippen molar-refractivity contribution in [1.82, 2.24) is 4.57 Å². The quantitative estimate of drug-likeness (QED) is 0.800. The molecule has 1 amide bonds. The minimum Gasteiger partial charge on any atom is -0.351 e. The Balaban J connectivity index is 3.02. The Bertz CT molecular complexity index is 635. The van der Waals surface area contributed by atoms with Gasteiger partial charge in [-0.25, -0.2) is 4.79 Å². The Morgan fingerprint density at radius 3 is 2.53 bits per heavy atom. The van der Waals surface area contributed by atoms with E-state index in [1.54, 1.807) is 4.57 Å². The van der Waals surface area contributed by atoms with Gasteiger partial charge in [0.1, 0.15) is 0 Å². The maximum atomic E-state index is 11.6. The molecular formula is C14H16N2O. The first-order valence-electron chi connectivity index (χ1n) is 5.51. The summed E-state index contributed by atoms with van der Waals surface area (Å²) in [5, 5.41) is 1.06. The van der Waals surface area contributed by atoms with Gasteiger partial charge in [-0.1, -0.05) is 24.8 Å². The molecule has 0 saturated carbocycles. The first kappa shape index (κ1) is 11.5. The van der Waals surface area contributed by atoms with E-state index in [9.17, 15) is 4.79 Å². The normalized spacial score (nSPS) is 10.8. The SMILES string of the molecule is C=C(C)c1cccc2c(C)c(C)n(C(N)=O)c12. The van der Waals surface area contributed by atoms with Gasteiger partial charge in [0.15, 0.2) is 0 Å². The summed E-state index contributed by atoms with van der Waals surface area (Å²) in [5.41, 5.74) is 10.2. The van der Waals surface area contributed by atoms with Crippen LogP contribution in [-0.2, 0) is 0 Å². The number of fused-ring (bicyclic) bond motifs is 1. The van der Waals surface area contributed by atoms with E-state index in [1.165, 1.54) is 0 Å². The zero-order chi connectivity index (χ0) is 12.7. The number of nitrogens with two attached hydrogens (primary N) is 1. The highest BCUT2D eigenvalue weighted by atomic mass is 16.2. The Labute approximate surface area is 101 Å². The molecule has 0 saturated heterocycles. The summed E-state index contributed by atoms with van der Waals surface area (Å²) in [4.78, 5) is 11.6. The topological polar surface area (TPSA) is 48.0 Å². The lowest BCUT2D eigenvalue weighted by molar-refractivity contribution is 0.251. The minimum atomic E-state index is -0.450. The lowest BCUT2D eigenvalue weighted by Crippen LogP contribution is -2.20. The van der Waals surface area contributed by atoms with E-state index in [-0.39, 0.29) is 0 Å². The molecule has 88 valence electrons. The van der Waals surface area contributed by atoms with Gasteiger partial charge in [0, 0.05) is 16.6 Å². The van der Waals surface area contributed by atoms with Crippen molar-refractivity contribution in [3.05, 3.63) is 41.6 Å². The number of hydrogen-bond acceptors (Lipinski definition) is 1. The van der Waals surface area contributed by atoms with Crippen molar-refractivity contribution in [2.75, 3.05) is 0 Å². The maximum Gasteiger partial charge on any atom is 0.323 e. The van der Waals surface area contributed by atoms with Crippen LogP contribution in [-0.4, -0.2) is 10.6 Å². The van der Waals surface area contributed by atoms with Crippen molar-refractivity contribution in [3.8, 4) is 0 Å². The molecule has 0 unspecified atom stereocenters. The Kier molecular flexibility index (Phi) is 2.54. The fourth-order valence-corrected chi connectivity index (χ4v) is 2.24. The van der Waals surface area contributed by atoms with Crippen molar-refractivity contribution >= 4 is 22.5 Å². The van der Waals surface area contributed by atoms with E-state index in [0.717, 1.165) is 33.3 Å². The number of carbonyl (C=O) groups excluding carboxylic acids is 1. The highest BCUT2D eigenvalue weighted by Gasteiger charge is 2.16. The number of aromatic nitrogens is 1. The minimum absolute atomic E-state index is 0.450. The molecule has 2 rings (SSSR count). The number of aryl methyl sites for hydroxylation is 1. The number of carbonyl (C=O) groups is 1. The van der Waals surface area contributed by atoms with Crippen LogP contribution in [0.2, 0.25) is 0 Å². The average molecular weight is 228 g/mol. The summed E-state index contributed by atoms with van der Waals surface area (Å²) in [6.07, 6.45) is 0. The van der Waals surface area contributed by atoms with Crippen LogP contribution in [0.1, 0.15) is 23.7 Å². The molecule has 0 bridgehead atoms. The van der Waals surface area contributed by atoms with Crippen LogP contribution in [0.15, 0.2) is 24.8 Å². The summed E-state index contributed by atoms with van der Waals surface area (Å²) in [5.74, 6) is 0. The molecule has 2 N–H and O–H groups in total. The van der Waals surface area contributed by atoms with Gasteiger partial charge in [-0.2, -0.15) is 0 Å². The lowest BCUT2D eigenvalue weighted by atomic mass is 10.0. The second-order valence-corrected chi connectivity index (χ2v) is 4.37. The number of rotatable bonds is 1. The molecule has 17 heavy (non-hydrogen) atoms. The van der Waals surface area contributed by atoms with E-state index in [2.05, 4.69) is 6.58 Å². The van der Waals surface area contributed by atoms with Crippen molar-refractivity contribution in [2.24, 2.45) is 5.73 Å². The van der Waals surface area contributed by atoms with Crippen LogP contribution in [0, 0.1) is 13.8 Å². The van der Waals surface area contributed by atoms with Gasteiger partial charge in [0.05, 0.1) is 5.52 Å². The van der Waals surface area contributed by atoms with E-state index >= 15 is 0 Å². The zero-order valence-corrected chi connectivity index (χ0v) is 10.4. The van der Waals surface area contributed by atoms with Crippen molar-refractivity contribution in [1.29, 1.82) is 0 Å². The number of hydrogen-bond donors (Lipinski definition) is 1. The van der Waals surface area contributed by atoms with Crippen LogP contribution in [0.3, 0.4) is 0 Å². The molecule has 0 aliphatic heterocycles. The lowest BCUT2D eigenvalue weighted by Gasteiger charge is -2.07. The van der Waals surface area contributed by atoms with Gasteiger partial charge < -0.3 is 5.73 Å². The molecule has 3 heteroatoms. The first-order valence-corrected chi connectivity index (χ1v) is 5.51. The molecule has 0 spiro atoms. The van der Waals surface area contributed by atoms with E-state index in [0.29, 0.717) is 0 Å². The Hall–Kier alpha value is -2.03. The maximum absolute atomic E-state index is 11.6. The fourth-order valence-electron chi connectivity index (χ4n) is 2.24. The van der Waals surface area contributed by atoms with Gasteiger partial charge >= 0.3 is 6.03 Å². The second-order valence-electron chi connectivity index (χ2n) is 4.37. The van der Waals surface area contributed by atoms with Gasteiger partial charge in [-0.05, 0) is 31.9 Å². The molecule has 1 aromatic heterocycles. The van der Waals surface area contributed by atoms with Crippen LogP contribution >= 0.6 is 0 Å². The third-order valence-electron chi connectivity index (χ3n) is 3.22. The number of benzene rings is 1. The molecule has 1 aromatic carbocycles. The molecule has 2 aromatic rings. The van der Waals surface area contributed by atoms with Crippen molar-refractivity contribution in [3.63, 3.8) is 0 Å². The third-order valence-corrected chi connectivity index (χ3v) is 3.22. The second kappa shape index (κ2) is 3.77. The third kappa shape index (κ3) is 1.55. The highest BCUT2D eigenvalue weighted by molar-refractivity contribution is 6.00. The predicted molar refractivity (Wildman–Crippen MR) is 71.1 cm³/mol. The molecule has 0 aliphatic carbocycles. The zero-order valence-electron chi connectivity index (χ0n) is 10.4. The van der Waals surface area contributed by atoms with Crippen LogP contribution in [0.5, 0.6) is 0 Å². The molecule has 0 aliphatic rings. The van der Waals surface area contributed by atoms with E-state index in [1.807, 2.05) is 39.0 Å². The number of allylic oxidation sites excluding steroid dienone is 1. The van der Waals surface area contributed by atoms with Crippen LogP contribution < -0.4 is 5.73 Å². The fraction of sp³-hybridized carbons (Fsp3) is 0.214. The summed E-state index contributed by atoms with van der Waals surface area (Å²) in [7, 11) is 0. The highest BCUT2D eigenvalue weighted by Crippen LogP contribution is 2.30. The summed E-state index contributed by atoms with van der Waals surface area (Å²) in [6, 6.07) is 5.49. The summed E-state index contributed by atoms with van der Waals surface area (Å²) in [6.45, 7) is 9.78. The number of para-hydroxylation sites is 1. The van der Waals surface area contributed by atoms with E-state index in [4.69, 9.17) is 5.73 Å². The number of amides is 1. The van der Waals surface area contributed by atoms with Gasteiger partial charge in [-0.15, -0.1) is 0 Å². The number of primary amides is 1. The molecule has 0 radical (unpaired) electrons. The monoisotopic (exact) mass is 228 g/mol. The summed E-state index contributed by atoms with van der Waals surface area (Å²) >= 11 is 0. The predicted octanol–water partition coefficient (Wildman–Crippen LogP) is 3.22. The van der Waals surface area contributed by atoms with Gasteiger partial charge in [-0.3, -0.25) is 4.57 Å². The Morgan fingerprint density at radius 1 is 1.35 bits per heavy atom.